The minimum Gasteiger partial charge on any atom is -0.507 e. The zero-order valence-electron chi connectivity index (χ0n) is 18.2. The minimum absolute atomic E-state index is 0.0294. The molecule has 1 saturated heterocycles. The Morgan fingerprint density at radius 1 is 1.14 bits per heavy atom. The second-order valence-electron chi connectivity index (χ2n) is 7.68. The molecule has 1 unspecified atom stereocenters. The molecule has 0 spiro atoms. The molecule has 3 heterocycles. The van der Waals surface area contributed by atoms with Gasteiger partial charge >= 0.3 is 5.91 Å². The third-order valence-corrected chi connectivity index (χ3v) is 6.76. The molecule has 4 aromatic rings. The van der Waals surface area contributed by atoms with Crippen molar-refractivity contribution >= 4 is 55.7 Å². The topological polar surface area (TPSA) is 92.6 Å². The first kappa shape index (κ1) is 22.8. The number of rotatable bonds is 6. The Balaban J connectivity index is 1.68. The number of anilines is 1. The van der Waals surface area contributed by atoms with Crippen LogP contribution in [0, 0.1) is 0 Å². The number of nitrogens with zero attached hydrogens (tertiary/aromatic N) is 3. The van der Waals surface area contributed by atoms with E-state index in [-0.39, 0.29) is 11.3 Å². The lowest BCUT2D eigenvalue weighted by molar-refractivity contribution is -0.132. The molecular weight excluding hydrogens is 486 g/mol. The molecule has 1 fully saturated rings. The molecule has 5 rings (SSSR count). The molecule has 1 N–H and O–H groups in total. The fourth-order valence-electron chi connectivity index (χ4n) is 3.90. The zero-order valence-corrected chi connectivity index (χ0v) is 19.8. The van der Waals surface area contributed by atoms with E-state index in [1.807, 2.05) is 0 Å². The van der Waals surface area contributed by atoms with Crippen LogP contribution in [-0.2, 0) is 9.59 Å². The van der Waals surface area contributed by atoms with Gasteiger partial charge < -0.3 is 9.84 Å². The van der Waals surface area contributed by atoms with Crippen molar-refractivity contribution in [3.63, 3.8) is 0 Å². The normalized spacial score (nSPS) is 17.2. The predicted octanol–water partition coefficient (Wildman–Crippen LogP) is 5.54. The van der Waals surface area contributed by atoms with Crippen LogP contribution in [0.15, 0.2) is 85.2 Å². The van der Waals surface area contributed by atoms with E-state index in [1.54, 1.807) is 60.7 Å². The van der Waals surface area contributed by atoms with Crippen LogP contribution in [-0.4, -0.2) is 33.4 Å². The Bertz CT molecular complexity index is 1480. The van der Waals surface area contributed by atoms with Gasteiger partial charge in [-0.25, -0.2) is 4.98 Å². The summed E-state index contributed by atoms with van der Waals surface area (Å²) in [4.78, 5) is 36.4. The lowest BCUT2D eigenvalue weighted by atomic mass is 9.95. The Morgan fingerprint density at radius 3 is 2.60 bits per heavy atom. The molecule has 1 aliphatic heterocycles. The molecule has 1 amide bonds. The average molecular weight is 504 g/mol. The number of amides is 1. The Kier molecular flexibility index (Phi) is 6.07. The van der Waals surface area contributed by atoms with E-state index in [0.717, 1.165) is 4.70 Å². The summed E-state index contributed by atoms with van der Waals surface area (Å²) in [5, 5.41) is 12.0. The largest absolute Gasteiger partial charge is 0.507 e. The molecule has 2 aromatic carbocycles. The predicted molar refractivity (Wildman–Crippen MR) is 136 cm³/mol. The maximum atomic E-state index is 13.3. The number of hydrogen-bond acceptors (Lipinski definition) is 7. The van der Waals surface area contributed by atoms with E-state index in [1.165, 1.54) is 28.6 Å². The maximum Gasteiger partial charge on any atom is 0.301 e. The number of benzene rings is 2. The highest BCUT2D eigenvalue weighted by atomic mass is 35.5. The van der Waals surface area contributed by atoms with Crippen molar-refractivity contribution in [1.29, 1.82) is 0 Å². The quantitative estimate of drug-likeness (QED) is 0.161. The van der Waals surface area contributed by atoms with Gasteiger partial charge in [0.25, 0.3) is 5.78 Å². The lowest BCUT2D eigenvalue weighted by Gasteiger charge is -2.23. The van der Waals surface area contributed by atoms with Gasteiger partial charge in [-0.05, 0) is 48.0 Å². The molecule has 1 atom stereocenters. The monoisotopic (exact) mass is 503 g/mol. The third-order valence-electron chi connectivity index (χ3n) is 5.51. The fraction of sp³-hybridized carbons (Fsp3) is 0.0769. The van der Waals surface area contributed by atoms with Gasteiger partial charge in [0.1, 0.15) is 18.1 Å². The molecule has 0 aliphatic carbocycles. The number of Topliss-reactive ketones (excluding diaryl/α,β-unsaturated/α-hetero) is 1. The lowest BCUT2D eigenvalue weighted by Crippen LogP contribution is -2.29. The fourth-order valence-corrected chi connectivity index (χ4v) is 5.17. The molecule has 0 saturated carbocycles. The van der Waals surface area contributed by atoms with E-state index in [2.05, 4.69) is 16.5 Å². The van der Waals surface area contributed by atoms with Gasteiger partial charge in [-0.15, -0.1) is 0 Å². The van der Waals surface area contributed by atoms with Crippen LogP contribution >= 0.6 is 22.9 Å². The zero-order chi connectivity index (χ0) is 24.5. The number of aliphatic hydroxyl groups excluding tert-OH is 1. The highest BCUT2D eigenvalue weighted by Crippen LogP contribution is 2.44. The number of hydrogen-bond donors (Lipinski definition) is 1. The van der Waals surface area contributed by atoms with Crippen molar-refractivity contribution in [2.75, 3.05) is 11.5 Å². The van der Waals surface area contributed by atoms with Crippen molar-refractivity contribution < 1.29 is 19.4 Å². The van der Waals surface area contributed by atoms with Gasteiger partial charge in [0.15, 0.2) is 5.13 Å². The summed E-state index contributed by atoms with van der Waals surface area (Å²) in [6.45, 7) is 3.98. The van der Waals surface area contributed by atoms with Crippen LogP contribution < -0.4 is 9.64 Å². The summed E-state index contributed by atoms with van der Waals surface area (Å²) in [5.74, 6) is -1.25. The van der Waals surface area contributed by atoms with E-state index >= 15 is 0 Å². The van der Waals surface area contributed by atoms with Gasteiger partial charge in [0, 0.05) is 23.0 Å². The molecule has 9 heteroatoms. The first-order valence-electron chi connectivity index (χ1n) is 10.6. The first-order valence-corrected chi connectivity index (χ1v) is 11.8. The molecule has 174 valence electrons. The highest BCUT2D eigenvalue weighted by molar-refractivity contribution is 7.22. The van der Waals surface area contributed by atoms with Crippen molar-refractivity contribution in [3.05, 3.63) is 101 Å². The van der Waals surface area contributed by atoms with Crippen molar-refractivity contribution in [3.8, 4) is 5.75 Å². The highest BCUT2D eigenvalue weighted by Gasteiger charge is 2.48. The standard InChI is InChI=1S/C26H18ClN3O4S/c1-2-13-34-18-6-3-15(4-7-18)22-21(23(31)16-9-11-28-12-10-16)24(32)25(33)30(22)26-29-19-8-5-17(27)14-20(19)35-26/h2-12,14,22,31H,1,13H2. The number of carbonyl (C=O) groups is 2. The van der Waals surface area contributed by atoms with E-state index in [0.29, 0.717) is 39.2 Å². The number of halogens is 1. The summed E-state index contributed by atoms with van der Waals surface area (Å²) in [5.41, 5.74) is 1.61. The van der Waals surface area contributed by atoms with Crippen molar-refractivity contribution in [2.45, 2.75) is 6.04 Å². The summed E-state index contributed by atoms with van der Waals surface area (Å²) < 4.78 is 6.34. The number of fused-ring (bicyclic) bond motifs is 1. The van der Waals surface area contributed by atoms with Crippen LogP contribution in [0.25, 0.3) is 16.0 Å². The summed E-state index contributed by atoms with van der Waals surface area (Å²) in [7, 11) is 0. The SMILES string of the molecule is C=CCOc1ccc(C2C(=C(O)c3ccncc3)C(=O)C(=O)N2c2nc3ccc(Cl)cc3s2)cc1. The van der Waals surface area contributed by atoms with Crippen LogP contribution in [0.3, 0.4) is 0 Å². The number of carbonyl (C=O) groups excluding carboxylic acids is 2. The van der Waals surface area contributed by atoms with Gasteiger partial charge in [-0.1, -0.05) is 47.7 Å². The van der Waals surface area contributed by atoms with Crippen molar-refractivity contribution in [1.82, 2.24) is 9.97 Å². The van der Waals surface area contributed by atoms with Gasteiger partial charge in [-0.3, -0.25) is 19.5 Å². The second kappa shape index (κ2) is 9.32. The number of ether oxygens (including phenoxy) is 1. The number of aromatic nitrogens is 2. The molecule has 1 aliphatic rings. The molecule has 0 radical (unpaired) electrons. The Hall–Kier alpha value is -4.01. The number of aliphatic hydroxyl groups is 1. The molecule has 2 aromatic heterocycles. The molecular formula is C26H18ClN3O4S. The van der Waals surface area contributed by atoms with Gasteiger partial charge in [-0.2, -0.15) is 0 Å². The van der Waals surface area contributed by atoms with Gasteiger partial charge in [0.2, 0.25) is 0 Å². The van der Waals surface area contributed by atoms with Gasteiger partial charge in [0.05, 0.1) is 21.8 Å². The number of pyridine rings is 1. The minimum atomic E-state index is -0.896. The Morgan fingerprint density at radius 2 is 1.89 bits per heavy atom. The maximum absolute atomic E-state index is 13.3. The van der Waals surface area contributed by atoms with Crippen LogP contribution in [0.1, 0.15) is 17.2 Å². The number of ketones is 1. The van der Waals surface area contributed by atoms with Crippen LogP contribution in [0.2, 0.25) is 5.02 Å². The van der Waals surface area contributed by atoms with Crippen molar-refractivity contribution in [2.24, 2.45) is 0 Å². The Labute approximate surface area is 209 Å². The molecule has 7 nitrogen and oxygen atoms in total. The first-order chi connectivity index (χ1) is 17.0. The smallest absolute Gasteiger partial charge is 0.301 e. The van der Waals surface area contributed by atoms with E-state index < -0.39 is 17.7 Å². The molecule has 0 bridgehead atoms. The second-order valence-corrected chi connectivity index (χ2v) is 9.13. The summed E-state index contributed by atoms with van der Waals surface area (Å²) in [6, 6.07) is 14.5. The molecule has 35 heavy (non-hydrogen) atoms. The van der Waals surface area contributed by atoms with E-state index in [9.17, 15) is 14.7 Å². The summed E-state index contributed by atoms with van der Waals surface area (Å²) in [6.07, 6.45) is 4.64. The summed E-state index contributed by atoms with van der Waals surface area (Å²) >= 11 is 7.37. The van der Waals surface area contributed by atoms with E-state index in [4.69, 9.17) is 16.3 Å². The number of thiazole rings is 1. The average Bonchev–Trinajstić information content (AvgIpc) is 3.40. The van der Waals surface area contributed by atoms with Crippen LogP contribution in [0.4, 0.5) is 5.13 Å². The van der Waals surface area contributed by atoms with Crippen LogP contribution in [0.5, 0.6) is 5.75 Å². The third kappa shape index (κ3) is 4.18.